The van der Waals surface area contributed by atoms with Gasteiger partial charge in [-0.05, 0) is 29.3 Å². The summed E-state index contributed by atoms with van der Waals surface area (Å²) in [6.45, 7) is -0.205. The Morgan fingerprint density at radius 3 is 1.90 bits per heavy atom. The summed E-state index contributed by atoms with van der Waals surface area (Å²) in [6.07, 6.45) is 0. The van der Waals surface area contributed by atoms with Crippen LogP contribution in [0.5, 0.6) is 0 Å². The summed E-state index contributed by atoms with van der Waals surface area (Å²) >= 11 is 0. The van der Waals surface area contributed by atoms with E-state index >= 15 is 0 Å². The molecule has 0 fully saturated rings. The van der Waals surface area contributed by atoms with Gasteiger partial charge in [0.15, 0.2) is 5.78 Å². The number of nitrogens with zero attached hydrogens (tertiary/aromatic N) is 1. The number of benzene rings is 4. The largest absolute Gasteiger partial charge is 0.460 e. The molecule has 0 aliphatic rings. The van der Waals surface area contributed by atoms with E-state index in [9.17, 15) is 24.5 Å². The Hall–Kier alpha value is -5.31. The number of esters is 2. The maximum atomic E-state index is 13.3. The van der Waals surface area contributed by atoms with E-state index < -0.39 is 28.3 Å². The first-order valence-corrected chi connectivity index (χ1v) is 12.0. The zero-order chi connectivity index (χ0) is 27.6. The van der Waals surface area contributed by atoms with Crippen LogP contribution in [-0.4, -0.2) is 29.2 Å². The Labute approximate surface area is 224 Å². The molecule has 9 nitrogen and oxygen atoms in total. The van der Waals surface area contributed by atoms with Crippen molar-refractivity contribution in [1.29, 1.82) is 0 Å². The molecule has 0 amide bonds. The number of hydrogen-bond acceptors (Lipinski definition) is 8. The Morgan fingerprint density at radius 1 is 0.718 bits per heavy atom. The maximum Gasteiger partial charge on any atom is 0.339 e. The summed E-state index contributed by atoms with van der Waals surface area (Å²) in [5.41, 5.74) is 1.34. The first-order valence-electron chi connectivity index (χ1n) is 12.0. The third-order valence-corrected chi connectivity index (χ3v) is 5.73. The van der Waals surface area contributed by atoms with Crippen LogP contribution in [-0.2, 0) is 27.5 Å². The molecular weight excluding hydrogens is 500 g/mol. The SMILES string of the molecule is O=C(CNc1ccc(C(=O)c2ccccc2C(=O)OCc2ccccc2)cc1[N+](=O)[O-])OCc1ccccc1. The third-order valence-electron chi connectivity index (χ3n) is 5.73. The molecule has 0 atom stereocenters. The second kappa shape index (κ2) is 12.8. The molecule has 0 bridgehead atoms. The van der Waals surface area contributed by atoms with Gasteiger partial charge >= 0.3 is 11.9 Å². The number of carbonyl (C=O) groups is 3. The average Bonchev–Trinajstić information content (AvgIpc) is 2.98. The number of nitro benzene ring substituents is 1. The highest BCUT2D eigenvalue weighted by atomic mass is 16.6. The molecule has 4 aromatic rings. The van der Waals surface area contributed by atoms with Crippen molar-refractivity contribution in [3.05, 3.63) is 141 Å². The second-order valence-electron chi connectivity index (χ2n) is 8.43. The smallest absolute Gasteiger partial charge is 0.339 e. The monoisotopic (exact) mass is 524 g/mol. The fourth-order valence-electron chi connectivity index (χ4n) is 3.75. The van der Waals surface area contributed by atoms with Crippen LogP contribution < -0.4 is 5.32 Å². The molecule has 0 aliphatic carbocycles. The molecule has 1 N–H and O–H groups in total. The van der Waals surface area contributed by atoms with E-state index in [1.54, 1.807) is 12.1 Å². The summed E-state index contributed by atoms with van der Waals surface area (Å²) in [4.78, 5) is 49.3. The van der Waals surface area contributed by atoms with Crippen molar-refractivity contribution in [3.8, 4) is 0 Å². The van der Waals surface area contributed by atoms with Crippen LogP contribution in [0.2, 0.25) is 0 Å². The van der Waals surface area contributed by atoms with Crippen LogP contribution in [0.25, 0.3) is 0 Å². The lowest BCUT2D eigenvalue weighted by Gasteiger charge is -2.11. The van der Waals surface area contributed by atoms with Gasteiger partial charge in [-0.25, -0.2) is 4.79 Å². The fraction of sp³-hybridized carbons (Fsp3) is 0.100. The van der Waals surface area contributed by atoms with E-state index in [-0.39, 0.29) is 42.1 Å². The maximum absolute atomic E-state index is 13.3. The minimum Gasteiger partial charge on any atom is -0.460 e. The van der Waals surface area contributed by atoms with Crippen LogP contribution in [0.3, 0.4) is 0 Å². The summed E-state index contributed by atoms with van der Waals surface area (Å²) in [7, 11) is 0. The average molecular weight is 525 g/mol. The van der Waals surface area contributed by atoms with Crippen LogP contribution in [0.1, 0.15) is 37.4 Å². The molecule has 0 heterocycles. The summed E-state index contributed by atoms with van der Waals surface area (Å²) in [6, 6.07) is 28.1. The highest BCUT2D eigenvalue weighted by molar-refractivity contribution is 6.15. The summed E-state index contributed by atoms with van der Waals surface area (Å²) in [5.74, 6) is -1.87. The highest BCUT2D eigenvalue weighted by Gasteiger charge is 2.23. The quantitative estimate of drug-likeness (QED) is 0.121. The van der Waals surface area contributed by atoms with Gasteiger partial charge in [0.1, 0.15) is 25.4 Å². The van der Waals surface area contributed by atoms with E-state index in [0.29, 0.717) is 0 Å². The van der Waals surface area contributed by atoms with Crippen molar-refractivity contribution < 1.29 is 28.8 Å². The van der Waals surface area contributed by atoms with Crippen molar-refractivity contribution in [2.45, 2.75) is 13.2 Å². The molecule has 0 spiro atoms. The Kier molecular flexibility index (Phi) is 8.76. The molecule has 4 rings (SSSR count). The zero-order valence-corrected chi connectivity index (χ0v) is 20.7. The molecule has 39 heavy (non-hydrogen) atoms. The molecular formula is C30H24N2O7. The van der Waals surface area contributed by atoms with Gasteiger partial charge in [0.2, 0.25) is 0 Å². The van der Waals surface area contributed by atoms with Crippen molar-refractivity contribution >= 4 is 29.1 Å². The third kappa shape index (κ3) is 7.14. The van der Waals surface area contributed by atoms with Crippen LogP contribution in [0, 0.1) is 10.1 Å². The van der Waals surface area contributed by atoms with Gasteiger partial charge in [0.25, 0.3) is 5.69 Å². The van der Waals surface area contributed by atoms with Crippen LogP contribution in [0.4, 0.5) is 11.4 Å². The lowest BCUT2D eigenvalue weighted by molar-refractivity contribution is -0.384. The number of nitro groups is 1. The normalized spacial score (nSPS) is 10.4. The van der Waals surface area contributed by atoms with Crippen molar-refractivity contribution in [2.24, 2.45) is 0 Å². The molecule has 4 aromatic carbocycles. The van der Waals surface area contributed by atoms with Crippen molar-refractivity contribution in [1.82, 2.24) is 0 Å². The van der Waals surface area contributed by atoms with E-state index in [0.717, 1.165) is 17.2 Å². The predicted octanol–water partition coefficient (Wildman–Crippen LogP) is 5.34. The Bertz CT molecular complexity index is 1490. The van der Waals surface area contributed by atoms with Gasteiger partial charge in [-0.1, -0.05) is 78.9 Å². The number of hydrogen-bond donors (Lipinski definition) is 1. The van der Waals surface area contributed by atoms with Crippen molar-refractivity contribution in [2.75, 3.05) is 11.9 Å². The first kappa shape index (κ1) is 26.7. The first-order chi connectivity index (χ1) is 18.9. The number of anilines is 1. The standard InChI is InChI=1S/C30H24N2O7/c33-28(38-19-21-9-3-1-4-10-21)18-31-26-16-15-23(17-27(26)32(36)37)29(34)24-13-7-8-14-25(24)30(35)39-20-22-11-5-2-6-12-22/h1-17,31H,18-20H2. The van der Waals surface area contributed by atoms with Gasteiger partial charge in [-0.15, -0.1) is 0 Å². The van der Waals surface area contributed by atoms with E-state index in [4.69, 9.17) is 9.47 Å². The minimum absolute atomic E-state index is 0.00205. The molecule has 9 heteroatoms. The van der Waals surface area contributed by atoms with E-state index in [1.807, 2.05) is 60.7 Å². The zero-order valence-electron chi connectivity index (χ0n) is 20.7. The van der Waals surface area contributed by atoms with Gasteiger partial charge < -0.3 is 14.8 Å². The van der Waals surface area contributed by atoms with E-state index in [2.05, 4.69) is 5.32 Å². The molecule has 0 aliphatic heterocycles. The molecule has 0 saturated heterocycles. The summed E-state index contributed by atoms with van der Waals surface area (Å²) < 4.78 is 10.6. The highest BCUT2D eigenvalue weighted by Crippen LogP contribution is 2.27. The topological polar surface area (TPSA) is 125 Å². The van der Waals surface area contributed by atoms with Crippen LogP contribution >= 0.6 is 0 Å². The predicted molar refractivity (Wildman–Crippen MR) is 143 cm³/mol. The van der Waals surface area contributed by atoms with Gasteiger partial charge in [-0.3, -0.25) is 19.7 Å². The lowest BCUT2D eigenvalue weighted by Crippen LogP contribution is -2.17. The molecule has 0 unspecified atom stereocenters. The molecule has 0 aromatic heterocycles. The molecule has 0 radical (unpaired) electrons. The Balaban J connectivity index is 1.45. The molecule has 0 saturated carbocycles. The molecule has 196 valence electrons. The Morgan fingerprint density at radius 2 is 1.28 bits per heavy atom. The van der Waals surface area contributed by atoms with Crippen molar-refractivity contribution in [3.63, 3.8) is 0 Å². The lowest BCUT2D eigenvalue weighted by atomic mass is 9.97. The van der Waals surface area contributed by atoms with Gasteiger partial charge in [0.05, 0.1) is 10.5 Å². The number of ether oxygens (including phenoxy) is 2. The van der Waals surface area contributed by atoms with Gasteiger partial charge in [-0.2, -0.15) is 0 Å². The van der Waals surface area contributed by atoms with Crippen LogP contribution in [0.15, 0.2) is 103 Å². The number of rotatable bonds is 11. The number of nitrogens with one attached hydrogen (secondary N) is 1. The van der Waals surface area contributed by atoms with E-state index in [1.165, 1.54) is 24.3 Å². The summed E-state index contributed by atoms with van der Waals surface area (Å²) in [5, 5.41) is 14.4. The minimum atomic E-state index is -0.690. The second-order valence-corrected chi connectivity index (χ2v) is 8.43. The number of ketones is 1. The number of carbonyl (C=O) groups excluding carboxylic acids is 3. The van der Waals surface area contributed by atoms with Gasteiger partial charge in [0, 0.05) is 17.2 Å². The fourth-order valence-corrected chi connectivity index (χ4v) is 3.75.